The molecule has 4 aliphatic rings. The molecule has 4 fully saturated rings. The Morgan fingerprint density at radius 3 is 2.36 bits per heavy atom. The average Bonchev–Trinajstić information content (AvgIpc) is 3.09. The lowest BCUT2D eigenvalue weighted by molar-refractivity contribution is -0.273. The Kier molecular flexibility index (Phi) is 7.04. The summed E-state index contributed by atoms with van der Waals surface area (Å²) in [7, 11) is 0. The van der Waals surface area contributed by atoms with Crippen molar-refractivity contribution in [3.63, 3.8) is 0 Å². The molecular formula is C29H50O4. The van der Waals surface area contributed by atoms with Gasteiger partial charge in [0.25, 0.3) is 0 Å². The Labute approximate surface area is 202 Å². The number of esters is 1. The molecule has 0 unspecified atom stereocenters. The van der Waals surface area contributed by atoms with E-state index >= 15 is 0 Å². The number of fused-ring (bicyclic) bond motifs is 5. The van der Waals surface area contributed by atoms with Gasteiger partial charge in [-0.2, -0.15) is 0 Å². The zero-order chi connectivity index (χ0) is 24.2. The number of hydrogen-bond acceptors (Lipinski definition) is 4. The van der Waals surface area contributed by atoms with Crippen LogP contribution in [0.15, 0.2) is 0 Å². The molecule has 4 rings (SSSR count). The smallest absolute Gasteiger partial charge is 0.303 e. The van der Waals surface area contributed by atoms with Gasteiger partial charge in [0.15, 0.2) is 6.10 Å². The third-order valence-corrected chi connectivity index (χ3v) is 11.4. The number of ether oxygens (including phenoxy) is 1. The van der Waals surface area contributed by atoms with Crippen molar-refractivity contribution in [2.24, 2.45) is 46.3 Å². The Morgan fingerprint density at radius 1 is 0.970 bits per heavy atom. The summed E-state index contributed by atoms with van der Waals surface area (Å²) in [6.45, 7) is 13.4. The average molecular weight is 463 g/mol. The van der Waals surface area contributed by atoms with E-state index in [1.54, 1.807) is 0 Å². The normalized spacial score (nSPS) is 48.0. The molecule has 0 heterocycles. The first-order chi connectivity index (χ1) is 15.4. The van der Waals surface area contributed by atoms with Gasteiger partial charge in [0.05, 0.1) is 6.10 Å². The second kappa shape index (κ2) is 9.12. The molecule has 190 valence electrons. The van der Waals surface area contributed by atoms with E-state index in [1.165, 1.54) is 45.4 Å². The van der Waals surface area contributed by atoms with E-state index in [9.17, 15) is 15.0 Å². The number of carbonyl (C=O) groups is 1. The van der Waals surface area contributed by atoms with Gasteiger partial charge in [-0.25, -0.2) is 0 Å². The van der Waals surface area contributed by atoms with Crippen LogP contribution in [-0.2, 0) is 9.53 Å². The third kappa shape index (κ3) is 4.09. The van der Waals surface area contributed by atoms with Crippen molar-refractivity contribution in [1.29, 1.82) is 0 Å². The quantitative estimate of drug-likeness (QED) is 0.466. The Balaban J connectivity index is 1.53. The van der Waals surface area contributed by atoms with Gasteiger partial charge in [-0.1, -0.05) is 53.9 Å². The maximum Gasteiger partial charge on any atom is 0.303 e. The molecular weight excluding hydrogens is 412 g/mol. The van der Waals surface area contributed by atoms with Crippen molar-refractivity contribution < 1.29 is 19.7 Å². The summed E-state index contributed by atoms with van der Waals surface area (Å²) >= 11 is 0. The highest BCUT2D eigenvalue weighted by molar-refractivity contribution is 5.66. The molecule has 2 N–H and O–H groups in total. The summed E-state index contributed by atoms with van der Waals surface area (Å²) in [6, 6.07) is 0. The van der Waals surface area contributed by atoms with E-state index in [-0.39, 0.29) is 5.41 Å². The van der Waals surface area contributed by atoms with Crippen LogP contribution >= 0.6 is 0 Å². The van der Waals surface area contributed by atoms with Crippen LogP contribution in [0.4, 0.5) is 0 Å². The minimum atomic E-state index is -1.12. The van der Waals surface area contributed by atoms with Gasteiger partial charge in [0.2, 0.25) is 0 Å². The largest absolute Gasteiger partial charge is 0.457 e. The van der Waals surface area contributed by atoms with Gasteiger partial charge in [0, 0.05) is 12.3 Å². The molecule has 0 bridgehead atoms. The molecule has 4 heteroatoms. The van der Waals surface area contributed by atoms with Crippen LogP contribution in [0.3, 0.4) is 0 Å². The third-order valence-electron chi connectivity index (χ3n) is 11.4. The monoisotopic (exact) mass is 462 g/mol. The predicted molar refractivity (Wildman–Crippen MR) is 131 cm³/mol. The van der Waals surface area contributed by atoms with Crippen molar-refractivity contribution in [1.82, 2.24) is 0 Å². The van der Waals surface area contributed by atoms with Crippen LogP contribution in [0.25, 0.3) is 0 Å². The van der Waals surface area contributed by atoms with E-state index in [0.717, 1.165) is 42.9 Å². The highest BCUT2D eigenvalue weighted by Crippen LogP contribution is 2.69. The fourth-order valence-corrected chi connectivity index (χ4v) is 9.64. The molecule has 0 aliphatic heterocycles. The van der Waals surface area contributed by atoms with Crippen molar-refractivity contribution in [3.05, 3.63) is 0 Å². The first kappa shape index (κ1) is 25.5. The molecule has 0 saturated heterocycles. The maximum absolute atomic E-state index is 12.0. The predicted octanol–water partition coefficient (Wildman–Crippen LogP) is 6.13. The highest BCUT2D eigenvalue weighted by atomic mass is 16.6. The van der Waals surface area contributed by atoms with Crippen LogP contribution in [-0.4, -0.2) is 34.0 Å². The zero-order valence-corrected chi connectivity index (χ0v) is 22.1. The molecule has 0 aromatic heterocycles. The maximum atomic E-state index is 12.0. The van der Waals surface area contributed by atoms with E-state index in [2.05, 4.69) is 34.6 Å². The lowest BCUT2D eigenvalue weighted by Gasteiger charge is -2.65. The van der Waals surface area contributed by atoms with Gasteiger partial charge in [0.1, 0.15) is 5.60 Å². The summed E-state index contributed by atoms with van der Waals surface area (Å²) in [5.74, 6) is 3.86. The molecule has 33 heavy (non-hydrogen) atoms. The van der Waals surface area contributed by atoms with Gasteiger partial charge >= 0.3 is 5.97 Å². The first-order valence-electron chi connectivity index (χ1n) is 14.0. The number of carbonyl (C=O) groups excluding carboxylic acids is 1. The second-order valence-electron chi connectivity index (χ2n) is 13.4. The minimum absolute atomic E-state index is 0.294. The lowest BCUT2D eigenvalue weighted by Crippen LogP contribution is -2.69. The zero-order valence-electron chi connectivity index (χ0n) is 22.1. The van der Waals surface area contributed by atoms with E-state index in [4.69, 9.17) is 4.74 Å². The van der Waals surface area contributed by atoms with Crippen LogP contribution in [0.5, 0.6) is 0 Å². The SMILES string of the molecule is CC(=O)O[C@H]1[C@@H](O)CC[C@]2(C)[C@H]3CC[C@]4(C)[C@@H]([C@H](C)CCCC(C)C)CC[C@H]4[C@@H]3CC[C@@]12O. The van der Waals surface area contributed by atoms with E-state index in [0.29, 0.717) is 30.1 Å². The number of aliphatic hydroxyl groups excluding tert-OH is 1. The fourth-order valence-electron chi connectivity index (χ4n) is 9.64. The summed E-state index contributed by atoms with van der Waals surface area (Å²) in [5.41, 5.74) is -0.987. The van der Waals surface area contributed by atoms with Gasteiger partial charge in [-0.15, -0.1) is 0 Å². The van der Waals surface area contributed by atoms with Crippen molar-refractivity contribution >= 4 is 5.97 Å². The molecule has 0 amide bonds. The highest BCUT2D eigenvalue weighted by Gasteiger charge is 2.68. The summed E-state index contributed by atoms with van der Waals surface area (Å²) in [5, 5.41) is 22.7. The molecule has 4 saturated carbocycles. The summed E-state index contributed by atoms with van der Waals surface area (Å²) in [6.07, 6.45) is 10.7. The number of aliphatic hydroxyl groups is 2. The van der Waals surface area contributed by atoms with Gasteiger partial charge < -0.3 is 14.9 Å². The second-order valence-corrected chi connectivity index (χ2v) is 13.4. The van der Waals surface area contributed by atoms with Crippen molar-refractivity contribution in [3.8, 4) is 0 Å². The van der Waals surface area contributed by atoms with Crippen molar-refractivity contribution in [2.75, 3.05) is 0 Å². The fraction of sp³-hybridized carbons (Fsp3) is 0.966. The molecule has 10 atom stereocenters. The molecule has 0 radical (unpaired) electrons. The van der Waals surface area contributed by atoms with Gasteiger partial charge in [-0.05, 0) is 92.3 Å². The minimum Gasteiger partial charge on any atom is -0.457 e. The van der Waals surface area contributed by atoms with E-state index < -0.39 is 23.8 Å². The van der Waals surface area contributed by atoms with Crippen molar-refractivity contribution in [2.45, 2.75) is 130 Å². The molecule has 4 aliphatic carbocycles. The standard InChI is InChI=1S/C29H50O4/c1-18(2)8-7-9-19(3)22-10-11-23-21-12-17-29(32)26(33-20(4)30)25(31)14-16-28(29,6)24(21)13-15-27(22,23)5/h18-19,21-26,31-32H,7-17H2,1-6H3/t19-,21+,22-,23+,24+,25+,26+,27-,28-,29-/m1/s1. The Morgan fingerprint density at radius 2 is 1.70 bits per heavy atom. The summed E-state index contributed by atoms with van der Waals surface area (Å²) < 4.78 is 5.59. The van der Waals surface area contributed by atoms with E-state index in [1.807, 2.05) is 0 Å². The lowest BCUT2D eigenvalue weighted by atomic mass is 9.42. The first-order valence-corrected chi connectivity index (χ1v) is 14.0. The van der Waals surface area contributed by atoms with Crippen LogP contribution < -0.4 is 0 Å². The Hall–Kier alpha value is -0.610. The molecule has 4 nitrogen and oxygen atoms in total. The van der Waals surface area contributed by atoms with Crippen LogP contribution in [0, 0.1) is 46.3 Å². The van der Waals surface area contributed by atoms with Crippen LogP contribution in [0.2, 0.25) is 0 Å². The topological polar surface area (TPSA) is 66.8 Å². The summed E-state index contributed by atoms with van der Waals surface area (Å²) in [4.78, 5) is 11.8. The number of rotatable bonds is 6. The number of hydrogen-bond donors (Lipinski definition) is 2. The van der Waals surface area contributed by atoms with Gasteiger partial charge in [-0.3, -0.25) is 4.79 Å². The Bertz CT molecular complexity index is 720. The van der Waals surface area contributed by atoms with Crippen LogP contribution in [0.1, 0.15) is 112 Å². The molecule has 0 aromatic rings. The molecule has 0 aromatic carbocycles. The molecule has 0 spiro atoms.